The van der Waals surface area contributed by atoms with Crippen LogP contribution in [0.4, 0.5) is 5.69 Å². The lowest BCUT2D eigenvalue weighted by atomic mass is 9.92. The molecule has 2 unspecified atom stereocenters. The van der Waals surface area contributed by atoms with Gasteiger partial charge in [-0.2, -0.15) is 0 Å². The number of nitrogens with zero attached hydrogens (tertiary/aromatic N) is 2. The predicted molar refractivity (Wildman–Crippen MR) is 121 cm³/mol. The minimum absolute atomic E-state index is 0.104. The van der Waals surface area contributed by atoms with Gasteiger partial charge in [0.2, 0.25) is 0 Å². The standard InChI is InChI=1S/C25H31N3O/c1-3-28(4-2)19-14-12-18(13-15-19)24-17-21(20-9-5-6-10-22(20)27-24)25(29)23-11-7-8-16-26-23/h5-6,9-10,12-15,17,23,25-26,29H,3-4,7-8,11,16H2,1-2H3. The van der Waals surface area contributed by atoms with E-state index in [1.165, 1.54) is 12.1 Å². The van der Waals surface area contributed by atoms with Crippen molar-refractivity contribution in [3.8, 4) is 11.3 Å². The van der Waals surface area contributed by atoms with Crippen molar-refractivity contribution in [3.63, 3.8) is 0 Å². The Bertz CT molecular complexity index is 944. The SMILES string of the molecule is CCN(CC)c1ccc(-c2cc(C(O)C3CCCCN3)c3ccccc3n2)cc1. The first-order chi connectivity index (χ1) is 14.2. The second-order valence-corrected chi connectivity index (χ2v) is 7.83. The Morgan fingerprint density at radius 3 is 2.52 bits per heavy atom. The fraction of sp³-hybridized carbons (Fsp3) is 0.400. The van der Waals surface area contributed by atoms with Crippen LogP contribution < -0.4 is 10.2 Å². The number of hydrogen-bond acceptors (Lipinski definition) is 4. The molecular formula is C25H31N3O. The number of aliphatic hydroxyl groups is 1. The largest absolute Gasteiger partial charge is 0.387 e. The molecule has 1 saturated heterocycles. The fourth-order valence-corrected chi connectivity index (χ4v) is 4.39. The first-order valence-electron chi connectivity index (χ1n) is 10.9. The highest BCUT2D eigenvalue weighted by atomic mass is 16.3. The van der Waals surface area contributed by atoms with Gasteiger partial charge >= 0.3 is 0 Å². The molecule has 0 radical (unpaired) electrons. The summed E-state index contributed by atoms with van der Waals surface area (Å²) in [6.07, 6.45) is 2.82. The van der Waals surface area contributed by atoms with Crippen molar-refractivity contribution >= 4 is 16.6 Å². The zero-order valence-electron chi connectivity index (χ0n) is 17.4. The monoisotopic (exact) mass is 389 g/mol. The molecule has 0 saturated carbocycles. The van der Waals surface area contributed by atoms with Crippen molar-refractivity contribution in [1.82, 2.24) is 10.3 Å². The Morgan fingerprint density at radius 2 is 1.83 bits per heavy atom. The van der Waals surface area contributed by atoms with E-state index >= 15 is 0 Å². The molecule has 29 heavy (non-hydrogen) atoms. The third-order valence-corrected chi connectivity index (χ3v) is 6.09. The molecule has 4 rings (SSSR count). The number of aromatic nitrogens is 1. The van der Waals surface area contributed by atoms with E-state index < -0.39 is 6.10 Å². The van der Waals surface area contributed by atoms with Gasteiger partial charge in [-0.25, -0.2) is 4.98 Å². The van der Waals surface area contributed by atoms with Gasteiger partial charge in [0.05, 0.1) is 17.3 Å². The van der Waals surface area contributed by atoms with Gasteiger partial charge in [0.25, 0.3) is 0 Å². The molecule has 2 heterocycles. The predicted octanol–water partition coefficient (Wildman–Crippen LogP) is 4.92. The molecule has 152 valence electrons. The van der Waals surface area contributed by atoms with Crippen LogP contribution in [0.3, 0.4) is 0 Å². The quantitative estimate of drug-likeness (QED) is 0.628. The van der Waals surface area contributed by atoms with Gasteiger partial charge in [-0.3, -0.25) is 0 Å². The lowest BCUT2D eigenvalue weighted by Crippen LogP contribution is -2.38. The molecule has 1 aliphatic rings. The molecule has 0 aliphatic carbocycles. The molecular weight excluding hydrogens is 358 g/mol. The molecule has 0 spiro atoms. The van der Waals surface area contributed by atoms with Crippen LogP contribution in [0.25, 0.3) is 22.2 Å². The van der Waals surface area contributed by atoms with Crippen LogP contribution in [0.2, 0.25) is 0 Å². The van der Waals surface area contributed by atoms with E-state index in [-0.39, 0.29) is 6.04 Å². The van der Waals surface area contributed by atoms with Gasteiger partial charge in [-0.05, 0) is 63.1 Å². The summed E-state index contributed by atoms with van der Waals surface area (Å²) < 4.78 is 0. The first kappa shape index (κ1) is 19.9. The van der Waals surface area contributed by atoms with Gasteiger partial charge in [0, 0.05) is 35.8 Å². The van der Waals surface area contributed by atoms with Crippen molar-refractivity contribution in [2.24, 2.45) is 0 Å². The summed E-state index contributed by atoms with van der Waals surface area (Å²) >= 11 is 0. The van der Waals surface area contributed by atoms with E-state index in [1.54, 1.807) is 0 Å². The molecule has 1 aliphatic heterocycles. The van der Waals surface area contributed by atoms with Crippen LogP contribution in [0.5, 0.6) is 0 Å². The number of benzene rings is 2. The van der Waals surface area contributed by atoms with Crippen molar-refractivity contribution in [2.45, 2.75) is 45.3 Å². The summed E-state index contributed by atoms with van der Waals surface area (Å²) in [5, 5.41) is 15.7. The van der Waals surface area contributed by atoms with E-state index in [0.29, 0.717) is 0 Å². The van der Waals surface area contributed by atoms with Crippen LogP contribution in [-0.2, 0) is 0 Å². The molecule has 2 atom stereocenters. The molecule has 2 N–H and O–H groups in total. The van der Waals surface area contributed by atoms with E-state index in [4.69, 9.17) is 4.98 Å². The topological polar surface area (TPSA) is 48.4 Å². The minimum Gasteiger partial charge on any atom is -0.387 e. The minimum atomic E-state index is -0.531. The number of anilines is 1. The molecule has 4 heteroatoms. The van der Waals surface area contributed by atoms with Crippen molar-refractivity contribution in [2.75, 3.05) is 24.5 Å². The number of aliphatic hydroxyl groups excluding tert-OH is 1. The lowest BCUT2D eigenvalue weighted by Gasteiger charge is -2.29. The summed E-state index contributed by atoms with van der Waals surface area (Å²) in [5.74, 6) is 0. The van der Waals surface area contributed by atoms with Gasteiger partial charge in [-0.15, -0.1) is 0 Å². The smallest absolute Gasteiger partial charge is 0.0950 e. The Morgan fingerprint density at radius 1 is 1.07 bits per heavy atom. The van der Waals surface area contributed by atoms with Crippen LogP contribution >= 0.6 is 0 Å². The molecule has 0 amide bonds. The number of fused-ring (bicyclic) bond motifs is 1. The van der Waals surface area contributed by atoms with E-state index in [0.717, 1.165) is 60.2 Å². The highest BCUT2D eigenvalue weighted by Crippen LogP contribution is 2.32. The molecule has 2 aromatic carbocycles. The molecule has 1 fully saturated rings. The van der Waals surface area contributed by atoms with Gasteiger partial charge < -0.3 is 15.3 Å². The Hall–Kier alpha value is -2.43. The molecule has 1 aromatic heterocycles. The number of pyridine rings is 1. The summed E-state index contributed by atoms with van der Waals surface area (Å²) in [6.45, 7) is 7.32. The van der Waals surface area contributed by atoms with Gasteiger partial charge in [-0.1, -0.05) is 36.8 Å². The lowest BCUT2D eigenvalue weighted by molar-refractivity contribution is 0.115. The van der Waals surface area contributed by atoms with Crippen LogP contribution in [0.1, 0.15) is 44.8 Å². The van der Waals surface area contributed by atoms with Gasteiger partial charge in [0.15, 0.2) is 0 Å². The zero-order chi connectivity index (χ0) is 20.2. The Labute approximate surface area is 173 Å². The molecule has 4 nitrogen and oxygen atoms in total. The molecule has 3 aromatic rings. The summed E-state index contributed by atoms with van der Waals surface area (Å²) in [4.78, 5) is 7.24. The van der Waals surface area contributed by atoms with E-state index in [2.05, 4.69) is 60.5 Å². The Balaban J connectivity index is 1.73. The summed E-state index contributed by atoms with van der Waals surface area (Å²) in [5.41, 5.74) is 5.13. The van der Waals surface area contributed by atoms with Gasteiger partial charge in [0.1, 0.15) is 0 Å². The second-order valence-electron chi connectivity index (χ2n) is 7.83. The maximum Gasteiger partial charge on any atom is 0.0950 e. The third-order valence-electron chi connectivity index (χ3n) is 6.09. The van der Waals surface area contributed by atoms with Crippen molar-refractivity contribution < 1.29 is 5.11 Å². The third kappa shape index (κ3) is 4.14. The van der Waals surface area contributed by atoms with E-state index in [1.807, 2.05) is 18.2 Å². The van der Waals surface area contributed by atoms with Crippen LogP contribution in [-0.4, -0.2) is 35.8 Å². The maximum absolute atomic E-state index is 11.2. The van der Waals surface area contributed by atoms with E-state index in [9.17, 15) is 5.11 Å². The number of nitrogens with one attached hydrogen (secondary N) is 1. The number of rotatable bonds is 6. The van der Waals surface area contributed by atoms with Crippen molar-refractivity contribution in [1.29, 1.82) is 0 Å². The fourth-order valence-electron chi connectivity index (χ4n) is 4.39. The highest BCUT2D eigenvalue weighted by molar-refractivity contribution is 5.85. The first-order valence-corrected chi connectivity index (χ1v) is 10.9. The van der Waals surface area contributed by atoms with Crippen molar-refractivity contribution in [3.05, 3.63) is 60.2 Å². The number of para-hydroxylation sites is 1. The Kier molecular flexibility index (Phi) is 6.12. The average Bonchev–Trinajstić information content (AvgIpc) is 2.80. The summed E-state index contributed by atoms with van der Waals surface area (Å²) in [6, 6.07) is 18.9. The number of hydrogen-bond donors (Lipinski definition) is 2. The highest BCUT2D eigenvalue weighted by Gasteiger charge is 2.25. The molecule has 0 bridgehead atoms. The zero-order valence-corrected chi connectivity index (χ0v) is 17.4. The number of piperidine rings is 1. The second kappa shape index (κ2) is 8.93. The maximum atomic E-state index is 11.2. The normalized spacial score (nSPS) is 18.0. The van der Waals surface area contributed by atoms with Crippen LogP contribution in [0, 0.1) is 0 Å². The average molecular weight is 390 g/mol. The van der Waals surface area contributed by atoms with Crippen LogP contribution in [0.15, 0.2) is 54.6 Å². The summed E-state index contributed by atoms with van der Waals surface area (Å²) in [7, 11) is 0.